The van der Waals surface area contributed by atoms with Crippen molar-refractivity contribution in [2.24, 2.45) is 4.99 Å². The second-order valence-electron chi connectivity index (χ2n) is 6.78. The fraction of sp³-hybridized carbons (Fsp3) is 0.0870. The van der Waals surface area contributed by atoms with Gasteiger partial charge in [0.05, 0.1) is 11.3 Å². The van der Waals surface area contributed by atoms with E-state index in [1.165, 1.54) is 12.1 Å². The lowest BCUT2D eigenvalue weighted by Gasteiger charge is -2.08. The van der Waals surface area contributed by atoms with E-state index in [9.17, 15) is 18.0 Å². The number of amides is 1. The quantitative estimate of drug-likeness (QED) is 0.464. The Balaban J connectivity index is 1.84. The number of halogens is 3. The molecule has 5 nitrogen and oxygen atoms in total. The van der Waals surface area contributed by atoms with E-state index in [0.29, 0.717) is 16.8 Å². The van der Waals surface area contributed by atoms with Gasteiger partial charge in [-0.3, -0.25) is 4.79 Å². The van der Waals surface area contributed by atoms with Crippen molar-refractivity contribution in [2.45, 2.75) is 13.1 Å². The molecule has 0 aliphatic heterocycles. The molecule has 1 amide bonds. The van der Waals surface area contributed by atoms with Gasteiger partial charge in [0.2, 0.25) is 5.55 Å². The van der Waals surface area contributed by atoms with E-state index in [1.54, 1.807) is 55.5 Å². The Morgan fingerprint density at radius 3 is 2.55 bits per heavy atom. The van der Waals surface area contributed by atoms with Gasteiger partial charge in [-0.25, -0.2) is 9.98 Å². The summed E-state index contributed by atoms with van der Waals surface area (Å²) in [4.78, 5) is 21.4. The molecule has 0 spiro atoms. The molecule has 0 bridgehead atoms. The predicted molar refractivity (Wildman–Crippen MR) is 110 cm³/mol. The fourth-order valence-electron chi connectivity index (χ4n) is 2.98. The molecule has 156 valence electrons. The minimum absolute atomic E-state index is 0.0107. The Morgan fingerprint density at radius 1 is 1.00 bits per heavy atom. The molecule has 0 fully saturated rings. The molecule has 31 heavy (non-hydrogen) atoms. The maximum atomic E-state index is 13.1. The third kappa shape index (κ3) is 4.63. The SMILES string of the molecule is Cc1cccc(NC(=O)c2cc3ccccc3oc2=Nc2cccc(C(F)(F)F)c2)n1. The van der Waals surface area contributed by atoms with Crippen LogP contribution >= 0.6 is 0 Å². The van der Waals surface area contributed by atoms with Gasteiger partial charge in [0.15, 0.2) is 0 Å². The van der Waals surface area contributed by atoms with Gasteiger partial charge in [0.1, 0.15) is 17.0 Å². The van der Waals surface area contributed by atoms with Gasteiger partial charge < -0.3 is 9.73 Å². The average Bonchev–Trinajstić information content (AvgIpc) is 2.73. The highest BCUT2D eigenvalue weighted by Crippen LogP contribution is 2.31. The normalized spacial score (nSPS) is 12.2. The number of carbonyl (C=O) groups is 1. The molecule has 2 heterocycles. The number of aryl methyl sites for hydroxylation is 1. The minimum atomic E-state index is -4.51. The van der Waals surface area contributed by atoms with Crippen LogP contribution in [0.4, 0.5) is 24.7 Å². The van der Waals surface area contributed by atoms with Crippen LogP contribution in [0.5, 0.6) is 0 Å². The Labute approximate surface area is 174 Å². The van der Waals surface area contributed by atoms with E-state index in [4.69, 9.17) is 4.42 Å². The number of alkyl halides is 3. The number of anilines is 1. The summed E-state index contributed by atoms with van der Waals surface area (Å²) in [6.07, 6.45) is -4.51. The number of para-hydroxylation sites is 1. The number of nitrogens with one attached hydrogen (secondary N) is 1. The van der Waals surface area contributed by atoms with Crippen molar-refractivity contribution in [3.05, 3.63) is 95.2 Å². The van der Waals surface area contributed by atoms with Crippen LogP contribution in [0.1, 0.15) is 21.6 Å². The zero-order valence-electron chi connectivity index (χ0n) is 16.3. The van der Waals surface area contributed by atoms with Crippen LogP contribution in [-0.2, 0) is 6.18 Å². The van der Waals surface area contributed by atoms with E-state index < -0.39 is 17.6 Å². The van der Waals surface area contributed by atoms with Gasteiger partial charge in [0, 0.05) is 11.1 Å². The zero-order valence-corrected chi connectivity index (χ0v) is 16.3. The van der Waals surface area contributed by atoms with Crippen molar-refractivity contribution in [1.82, 2.24) is 4.98 Å². The van der Waals surface area contributed by atoms with Crippen molar-refractivity contribution in [3.8, 4) is 0 Å². The number of nitrogens with zero attached hydrogens (tertiary/aromatic N) is 2. The highest BCUT2D eigenvalue weighted by molar-refractivity contribution is 6.04. The van der Waals surface area contributed by atoms with Gasteiger partial charge in [-0.05, 0) is 49.4 Å². The van der Waals surface area contributed by atoms with Crippen LogP contribution in [0.3, 0.4) is 0 Å². The van der Waals surface area contributed by atoms with Crippen molar-refractivity contribution in [2.75, 3.05) is 5.32 Å². The summed E-state index contributed by atoms with van der Waals surface area (Å²) in [6.45, 7) is 1.79. The lowest BCUT2D eigenvalue weighted by molar-refractivity contribution is -0.137. The van der Waals surface area contributed by atoms with Crippen molar-refractivity contribution in [1.29, 1.82) is 0 Å². The molecule has 0 aliphatic carbocycles. The van der Waals surface area contributed by atoms with Crippen molar-refractivity contribution < 1.29 is 22.4 Å². The summed E-state index contributed by atoms with van der Waals surface area (Å²) in [6, 6.07) is 18.2. The number of rotatable bonds is 3. The zero-order chi connectivity index (χ0) is 22.0. The number of fused-ring (bicyclic) bond motifs is 1. The predicted octanol–water partition coefficient (Wildman–Crippen LogP) is 5.64. The molecule has 0 saturated carbocycles. The summed E-state index contributed by atoms with van der Waals surface area (Å²) >= 11 is 0. The van der Waals surface area contributed by atoms with Crippen LogP contribution in [0, 0.1) is 6.92 Å². The number of hydrogen-bond acceptors (Lipinski definition) is 4. The second-order valence-corrected chi connectivity index (χ2v) is 6.78. The molecular formula is C23H16F3N3O2. The topological polar surface area (TPSA) is 67.5 Å². The van der Waals surface area contributed by atoms with E-state index >= 15 is 0 Å². The Morgan fingerprint density at radius 2 is 1.77 bits per heavy atom. The average molecular weight is 423 g/mol. The number of pyridine rings is 1. The molecule has 0 aliphatic rings. The smallest absolute Gasteiger partial charge is 0.416 e. The van der Waals surface area contributed by atoms with Gasteiger partial charge >= 0.3 is 6.18 Å². The van der Waals surface area contributed by atoms with E-state index in [0.717, 1.165) is 17.8 Å². The lowest BCUT2D eigenvalue weighted by Crippen LogP contribution is -2.22. The monoisotopic (exact) mass is 423 g/mol. The maximum absolute atomic E-state index is 13.1. The molecule has 4 aromatic rings. The van der Waals surface area contributed by atoms with Crippen LogP contribution in [0.25, 0.3) is 11.0 Å². The third-order valence-electron chi connectivity index (χ3n) is 4.43. The van der Waals surface area contributed by atoms with Gasteiger partial charge in [0.25, 0.3) is 5.91 Å². The molecule has 1 N–H and O–H groups in total. The standard InChI is InChI=1S/C23H16F3N3O2/c1-14-6-4-11-20(27-14)29-21(30)18-12-15-7-2-3-10-19(15)31-22(18)28-17-9-5-8-16(13-17)23(24,25)26/h2-13H,1H3,(H,27,29,30). The number of carbonyl (C=O) groups excluding carboxylic acids is 1. The molecule has 0 unspecified atom stereocenters. The minimum Gasteiger partial charge on any atom is -0.438 e. The van der Waals surface area contributed by atoms with Crippen LogP contribution in [0.2, 0.25) is 0 Å². The fourth-order valence-corrected chi connectivity index (χ4v) is 2.98. The summed E-state index contributed by atoms with van der Waals surface area (Å²) < 4.78 is 45.0. The molecule has 0 saturated heterocycles. The third-order valence-corrected chi connectivity index (χ3v) is 4.43. The Bertz CT molecular complexity index is 1340. The second kappa shape index (κ2) is 8.06. The van der Waals surface area contributed by atoms with E-state index in [1.807, 2.05) is 0 Å². The van der Waals surface area contributed by atoms with Gasteiger partial charge in [-0.15, -0.1) is 0 Å². The van der Waals surface area contributed by atoms with E-state index in [-0.39, 0.29) is 16.8 Å². The highest BCUT2D eigenvalue weighted by Gasteiger charge is 2.30. The van der Waals surface area contributed by atoms with Gasteiger partial charge in [-0.2, -0.15) is 13.2 Å². The van der Waals surface area contributed by atoms with E-state index in [2.05, 4.69) is 15.3 Å². The maximum Gasteiger partial charge on any atom is 0.416 e. The molecule has 4 rings (SSSR count). The molecule has 8 heteroatoms. The lowest BCUT2D eigenvalue weighted by atomic mass is 10.1. The first-order valence-corrected chi connectivity index (χ1v) is 9.29. The number of hydrogen-bond donors (Lipinski definition) is 1. The van der Waals surface area contributed by atoms with Crippen LogP contribution in [-0.4, -0.2) is 10.9 Å². The van der Waals surface area contributed by atoms with Crippen molar-refractivity contribution in [3.63, 3.8) is 0 Å². The molecule has 2 aromatic carbocycles. The molecule has 0 radical (unpaired) electrons. The highest BCUT2D eigenvalue weighted by atomic mass is 19.4. The molecule has 2 aromatic heterocycles. The van der Waals surface area contributed by atoms with Crippen LogP contribution < -0.4 is 10.9 Å². The summed E-state index contributed by atoms with van der Waals surface area (Å²) in [5, 5.41) is 3.32. The summed E-state index contributed by atoms with van der Waals surface area (Å²) in [7, 11) is 0. The largest absolute Gasteiger partial charge is 0.438 e. The van der Waals surface area contributed by atoms with Crippen LogP contribution in [0.15, 0.2) is 82.2 Å². The summed E-state index contributed by atoms with van der Waals surface area (Å²) in [5.41, 5.74) is 0.289. The molecular weight excluding hydrogens is 407 g/mol. The Hall–Kier alpha value is -3.94. The first-order valence-electron chi connectivity index (χ1n) is 9.29. The Kier molecular flexibility index (Phi) is 5.29. The number of benzene rings is 2. The first-order chi connectivity index (χ1) is 14.8. The van der Waals surface area contributed by atoms with Crippen molar-refractivity contribution >= 4 is 28.4 Å². The van der Waals surface area contributed by atoms with Gasteiger partial charge in [-0.1, -0.05) is 30.3 Å². The summed E-state index contributed by atoms with van der Waals surface area (Å²) in [5.74, 6) is -0.207. The first kappa shape index (κ1) is 20.3. The molecule has 0 atom stereocenters. The number of aromatic nitrogens is 1.